The summed E-state index contributed by atoms with van der Waals surface area (Å²) < 4.78 is 0. The van der Waals surface area contributed by atoms with Gasteiger partial charge in [0.15, 0.2) is 0 Å². The van der Waals surface area contributed by atoms with Crippen LogP contribution in [0.3, 0.4) is 0 Å². The van der Waals surface area contributed by atoms with Crippen LogP contribution in [0, 0.1) is 0 Å². The number of phenolic OH excluding ortho intramolecular Hbond substituents is 2. The van der Waals surface area contributed by atoms with Gasteiger partial charge in [0.25, 0.3) is 0 Å². The Kier molecular flexibility index (Phi) is 11.0. The molecule has 0 radical (unpaired) electrons. The third kappa shape index (κ3) is 10.3. The van der Waals surface area contributed by atoms with Crippen LogP contribution in [0.4, 0.5) is 0 Å². The zero-order valence-corrected chi connectivity index (χ0v) is 15.1. The van der Waals surface area contributed by atoms with Crippen LogP contribution in [0.5, 0.6) is 11.5 Å². The van der Waals surface area contributed by atoms with Crippen molar-refractivity contribution in [3.8, 4) is 11.5 Å². The second-order valence-electron chi connectivity index (χ2n) is 6.66. The number of aromatic hydroxyl groups is 2. The summed E-state index contributed by atoms with van der Waals surface area (Å²) in [4.78, 5) is 0. The van der Waals surface area contributed by atoms with E-state index in [0.29, 0.717) is 0 Å². The fourth-order valence-corrected chi connectivity index (χ4v) is 2.88. The molecule has 3 N–H and O–H groups in total. The largest absolute Gasteiger partial charge is 0.508 e. The number of hydrogen-bond acceptors (Lipinski definition) is 3. The minimum atomic E-state index is -0.268. The van der Waals surface area contributed by atoms with E-state index in [-0.39, 0.29) is 17.6 Å². The molecule has 0 bridgehead atoms. The summed E-state index contributed by atoms with van der Waals surface area (Å²) in [6, 6.07) is 4.80. The first kappa shape index (κ1) is 20.6. The minimum Gasteiger partial charge on any atom is -0.508 e. The summed E-state index contributed by atoms with van der Waals surface area (Å²) in [6.07, 6.45) is 16.0. The molecule has 0 fully saturated rings. The van der Waals surface area contributed by atoms with Crippen LogP contribution in [0.2, 0.25) is 0 Å². The molecule has 136 valence electrons. The smallest absolute Gasteiger partial charge is 0.119 e. The minimum absolute atomic E-state index is 0.133. The predicted octanol–water partition coefficient (Wildman–Crippen LogP) is 5.48. The zero-order chi connectivity index (χ0) is 17.6. The number of benzene rings is 1. The van der Waals surface area contributed by atoms with Gasteiger partial charge in [-0.25, -0.2) is 0 Å². The van der Waals surface area contributed by atoms with Gasteiger partial charge in [0.1, 0.15) is 11.5 Å². The Hall–Kier alpha value is -1.48. The lowest BCUT2D eigenvalue weighted by Gasteiger charge is -2.05. The quantitative estimate of drug-likeness (QED) is 0.331. The summed E-state index contributed by atoms with van der Waals surface area (Å²) in [6.45, 7) is 2.18. The van der Waals surface area contributed by atoms with Gasteiger partial charge in [0.2, 0.25) is 0 Å². The van der Waals surface area contributed by atoms with Gasteiger partial charge in [-0.2, -0.15) is 0 Å². The SMILES string of the molecule is CCCCCC(O)C=CCCCCCCCc1cc(O)cc(O)c1. The molecule has 0 amide bonds. The number of allylic oxidation sites excluding steroid dienone is 1. The molecule has 1 rings (SSSR count). The third-order valence-electron chi connectivity index (χ3n) is 4.26. The van der Waals surface area contributed by atoms with Gasteiger partial charge in [-0.3, -0.25) is 0 Å². The molecule has 1 aromatic rings. The van der Waals surface area contributed by atoms with Crippen molar-refractivity contribution >= 4 is 0 Å². The second kappa shape index (κ2) is 12.9. The Labute approximate surface area is 147 Å². The number of rotatable bonds is 13. The number of unbranched alkanes of at least 4 members (excludes halogenated alkanes) is 7. The number of phenols is 2. The average Bonchev–Trinajstić information content (AvgIpc) is 2.52. The maximum atomic E-state index is 9.77. The van der Waals surface area contributed by atoms with Gasteiger partial charge in [-0.1, -0.05) is 57.6 Å². The van der Waals surface area contributed by atoms with Crippen LogP contribution < -0.4 is 0 Å². The Bertz CT molecular complexity index is 448. The average molecular weight is 334 g/mol. The van der Waals surface area contributed by atoms with E-state index in [1.54, 1.807) is 12.1 Å². The standard InChI is InChI=1S/C21H34O3/c1-2-3-9-13-19(22)14-11-8-6-4-5-7-10-12-18-15-20(23)17-21(24)16-18/h11,14-17,19,22-24H,2-10,12-13H2,1H3. The number of aliphatic hydroxyl groups excluding tert-OH is 1. The van der Waals surface area contributed by atoms with Gasteiger partial charge < -0.3 is 15.3 Å². The molecule has 1 atom stereocenters. The molecule has 3 heteroatoms. The summed E-state index contributed by atoms with van der Waals surface area (Å²) in [7, 11) is 0. The Morgan fingerprint density at radius 1 is 0.875 bits per heavy atom. The number of aliphatic hydroxyl groups is 1. The van der Waals surface area contributed by atoms with E-state index in [2.05, 4.69) is 13.0 Å². The van der Waals surface area contributed by atoms with E-state index < -0.39 is 0 Å². The molecule has 0 aliphatic heterocycles. The second-order valence-corrected chi connectivity index (χ2v) is 6.66. The van der Waals surface area contributed by atoms with Gasteiger partial charge in [0, 0.05) is 6.07 Å². The van der Waals surface area contributed by atoms with Crippen molar-refractivity contribution in [2.24, 2.45) is 0 Å². The topological polar surface area (TPSA) is 60.7 Å². The lowest BCUT2D eigenvalue weighted by atomic mass is 10.0. The van der Waals surface area contributed by atoms with Crippen LogP contribution in [-0.2, 0) is 6.42 Å². The van der Waals surface area contributed by atoms with Crippen molar-refractivity contribution in [2.45, 2.75) is 83.7 Å². The van der Waals surface area contributed by atoms with Crippen molar-refractivity contribution < 1.29 is 15.3 Å². The molecule has 3 nitrogen and oxygen atoms in total. The molecule has 1 aromatic carbocycles. The van der Waals surface area contributed by atoms with Crippen molar-refractivity contribution in [3.05, 3.63) is 35.9 Å². The van der Waals surface area contributed by atoms with E-state index >= 15 is 0 Å². The fourth-order valence-electron chi connectivity index (χ4n) is 2.88. The van der Waals surface area contributed by atoms with E-state index in [1.807, 2.05) is 6.08 Å². The van der Waals surface area contributed by atoms with E-state index in [0.717, 1.165) is 37.7 Å². The summed E-state index contributed by atoms with van der Waals surface area (Å²) in [5.41, 5.74) is 0.993. The molecule has 0 heterocycles. The van der Waals surface area contributed by atoms with Crippen molar-refractivity contribution in [3.63, 3.8) is 0 Å². The third-order valence-corrected chi connectivity index (χ3v) is 4.26. The lowest BCUT2D eigenvalue weighted by Crippen LogP contribution is -2.01. The van der Waals surface area contributed by atoms with Crippen LogP contribution >= 0.6 is 0 Å². The summed E-state index contributed by atoms with van der Waals surface area (Å²) in [5.74, 6) is 0.266. The normalized spacial score (nSPS) is 12.8. The monoisotopic (exact) mass is 334 g/mol. The van der Waals surface area contributed by atoms with E-state index in [1.165, 1.54) is 44.6 Å². The van der Waals surface area contributed by atoms with Crippen molar-refractivity contribution in [2.75, 3.05) is 0 Å². The van der Waals surface area contributed by atoms with Gasteiger partial charge >= 0.3 is 0 Å². The maximum Gasteiger partial charge on any atom is 0.119 e. The molecular weight excluding hydrogens is 300 g/mol. The molecule has 0 aliphatic carbocycles. The van der Waals surface area contributed by atoms with Gasteiger partial charge in [-0.05, 0) is 49.8 Å². The van der Waals surface area contributed by atoms with Gasteiger partial charge in [0.05, 0.1) is 6.10 Å². The highest BCUT2D eigenvalue weighted by Gasteiger charge is 2.00. The van der Waals surface area contributed by atoms with Crippen LogP contribution in [0.25, 0.3) is 0 Å². The highest BCUT2D eigenvalue weighted by atomic mass is 16.3. The predicted molar refractivity (Wildman–Crippen MR) is 100 cm³/mol. The molecular formula is C21H34O3. The lowest BCUT2D eigenvalue weighted by molar-refractivity contribution is 0.208. The Morgan fingerprint density at radius 3 is 2.25 bits per heavy atom. The fraction of sp³-hybridized carbons (Fsp3) is 0.619. The van der Waals surface area contributed by atoms with E-state index in [4.69, 9.17) is 0 Å². The molecule has 0 spiro atoms. The highest BCUT2D eigenvalue weighted by molar-refractivity contribution is 5.36. The number of aryl methyl sites for hydroxylation is 1. The number of hydrogen-bond donors (Lipinski definition) is 3. The molecule has 0 aliphatic rings. The summed E-state index contributed by atoms with van der Waals surface area (Å²) in [5, 5.41) is 28.6. The first-order valence-electron chi connectivity index (χ1n) is 9.48. The summed E-state index contributed by atoms with van der Waals surface area (Å²) >= 11 is 0. The Morgan fingerprint density at radius 2 is 1.54 bits per heavy atom. The van der Waals surface area contributed by atoms with Crippen molar-refractivity contribution in [1.29, 1.82) is 0 Å². The van der Waals surface area contributed by atoms with Crippen LogP contribution in [0.1, 0.15) is 76.7 Å². The molecule has 0 saturated heterocycles. The zero-order valence-electron chi connectivity index (χ0n) is 15.1. The van der Waals surface area contributed by atoms with Crippen LogP contribution in [-0.4, -0.2) is 21.4 Å². The molecule has 0 saturated carbocycles. The maximum absolute atomic E-state index is 9.77. The highest BCUT2D eigenvalue weighted by Crippen LogP contribution is 2.22. The molecule has 24 heavy (non-hydrogen) atoms. The molecule has 1 unspecified atom stereocenters. The molecule has 0 aromatic heterocycles. The van der Waals surface area contributed by atoms with Crippen LogP contribution in [0.15, 0.2) is 30.4 Å². The first-order chi connectivity index (χ1) is 11.6. The Balaban J connectivity index is 1.98. The van der Waals surface area contributed by atoms with E-state index in [9.17, 15) is 15.3 Å². The first-order valence-corrected chi connectivity index (χ1v) is 9.48. The van der Waals surface area contributed by atoms with Gasteiger partial charge in [-0.15, -0.1) is 0 Å². The van der Waals surface area contributed by atoms with Crippen molar-refractivity contribution in [1.82, 2.24) is 0 Å².